The standard InChI is InChI=1S/C31H28N8O2S/c32-15-27-26-13-7-8-14-30(26)42-31(27)37(16-24-18-38(35-33-24)20-28(40)22-9-3-1-4-10-22)17-25-19-39(36-34-25)21-29(41)23-11-5-2-6-12-23/h1-6,9-12,18-19H,7-8,13-14,16-17,20-21H2. The molecule has 3 heterocycles. The zero-order valence-corrected chi connectivity index (χ0v) is 23.7. The molecule has 42 heavy (non-hydrogen) atoms. The van der Waals surface area contributed by atoms with Crippen LogP contribution >= 0.6 is 11.3 Å². The van der Waals surface area contributed by atoms with Crippen LogP contribution in [0.2, 0.25) is 0 Å². The number of nitrogens with zero attached hydrogens (tertiary/aromatic N) is 8. The van der Waals surface area contributed by atoms with Gasteiger partial charge in [-0.15, -0.1) is 21.5 Å². The number of aromatic nitrogens is 6. The zero-order chi connectivity index (χ0) is 28.9. The summed E-state index contributed by atoms with van der Waals surface area (Å²) in [4.78, 5) is 28.7. The number of carbonyl (C=O) groups excluding carboxylic acids is 2. The van der Waals surface area contributed by atoms with E-state index in [-0.39, 0.29) is 24.7 Å². The lowest BCUT2D eigenvalue weighted by Gasteiger charge is -2.21. The van der Waals surface area contributed by atoms with Crippen molar-refractivity contribution in [2.24, 2.45) is 0 Å². The summed E-state index contributed by atoms with van der Waals surface area (Å²) in [6, 6.07) is 20.7. The summed E-state index contributed by atoms with van der Waals surface area (Å²) in [6.07, 6.45) is 7.60. The second-order valence-corrected chi connectivity index (χ2v) is 11.3. The lowest BCUT2D eigenvalue weighted by molar-refractivity contribution is 0.0959. The first-order valence-corrected chi connectivity index (χ1v) is 14.6. The van der Waals surface area contributed by atoms with Crippen LogP contribution in [0.5, 0.6) is 0 Å². The number of carbonyl (C=O) groups is 2. The molecule has 6 rings (SSSR count). The highest BCUT2D eigenvalue weighted by atomic mass is 32.1. The van der Waals surface area contributed by atoms with E-state index in [9.17, 15) is 14.9 Å². The molecular weight excluding hydrogens is 548 g/mol. The third-order valence-corrected chi connectivity index (χ3v) is 8.58. The Balaban J connectivity index is 1.24. The summed E-state index contributed by atoms with van der Waals surface area (Å²) < 4.78 is 3.08. The highest BCUT2D eigenvalue weighted by Gasteiger charge is 2.26. The van der Waals surface area contributed by atoms with E-state index in [0.717, 1.165) is 36.2 Å². The fraction of sp³-hybridized carbons (Fsp3) is 0.258. The first kappa shape index (κ1) is 27.2. The molecule has 3 aromatic heterocycles. The van der Waals surface area contributed by atoms with Crippen LogP contribution < -0.4 is 4.90 Å². The van der Waals surface area contributed by atoms with Crippen LogP contribution in [0.25, 0.3) is 0 Å². The van der Waals surface area contributed by atoms with Gasteiger partial charge in [-0.2, -0.15) is 5.26 Å². The Kier molecular flexibility index (Phi) is 7.96. The van der Waals surface area contributed by atoms with Crippen LogP contribution in [0, 0.1) is 11.3 Å². The number of benzene rings is 2. The van der Waals surface area contributed by atoms with Gasteiger partial charge in [0.2, 0.25) is 0 Å². The Morgan fingerprint density at radius 3 is 1.86 bits per heavy atom. The molecule has 0 amide bonds. The zero-order valence-electron chi connectivity index (χ0n) is 22.9. The van der Waals surface area contributed by atoms with Crippen molar-refractivity contribution < 1.29 is 9.59 Å². The predicted molar refractivity (Wildman–Crippen MR) is 157 cm³/mol. The molecule has 0 radical (unpaired) electrons. The molecule has 0 saturated carbocycles. The number of ketones is 2. The molecule has 5 aromatic rings. The van der Waals surface area contributed by atoms with Crippen molar-refractivity contribution in [2.75, 3.05) is 4.90 Å². The van der Waals surface area contributed by atoms with Crippen LogP contribution in [0.15, 0.2) is 73.1 Å². The lowest BCUT2D eigenvalue weighted by atomic mass is 9.96. The molecule has 11 heteroatoms. The smallest absolute Gasteiger partial charge is 0.184 e. The van der Waals surface area contributed by atoms with Crippen LogP contribution in [0.1, 0.15) is 60.9 Å². The van der Waals surface area contributed by atoms with E-state index in [1.54, 1.807) is 57.4 Å². The van der Waals surface area contributed by atoms with Gasteiger partial charge in [-0.25, -0.2) is 9.36 Å². The van der Waals surface area contributed by atoms with E-state index in [0.29, 0.717) is 41.2 Å². The topological polar surface area (TPSA) is 123 Å². The second kappa shape index (κ2) is 12.3. The molecule has 0 N–H and O–H groups in total. The summed E-state index contributed by atoms with van der Waals surface area (Å²) in [7, 11) is 0. The number of thiophene rings is 1. The summed E-state index contributed by atoms with van der Waals surface area (Å²) in [5.41, 5.74) is 4.41. The minimum atomic E-state index is -0.0525. The molecule has 1 aliphatic rings. The van der Waals surface area contributed by atoms with E-state index < -0.39 is 0 Å². The lowest BCUT2D eigenvalue weighted by Crippen LogP contribution is -2.22. The third kappa shape index (κ3) is 6.04. The highest BCUT2D eigenvalue weighted by molar-refractivity contribution is 7.16. The third-order valence-electron chi connectivity index (χ3n) is 7.23. The van der Waals surface area contributed by atoms with Crippen molar-refractivity contribution in [1.82, 2.24) is 30.0 Å². The van der Waals surface area contributed by atoms with Gasteiger partial charge in [-0.05, 0) is 31.2 Å². The summed E-state index contributed by atoms with van der Waals surface area (Å²) in [5, 5.41) is 28.1. The normalized spacial score (nSPS) is 12.5. The van der Waals surface area contributed by atoms with E-state index >= 15 is 0 Å². The van der Waals surface area contributed by atoms with Crippen molar-refractivity contribution in [2.45, 2.75) is 51.9 Å². The van der Waals surface area contributed by atoms with Gasteiger partial charge in [0.05, 0.1) is 31.0 Å². The number of aryl methyl sites for hydroxylation is 1. The fourth-order valence-electron chi connectivity index (χ4n) is 5.18. The maximum Gasteiger partial charge on any atom is 0.184 e. The largest absolute Gasteiger partial charge is 0.350 e. The minimum absolute atomic E-state index is 0.0525. The molecule has 1 aliphatic carbocycles. The summed E-state index contributed by atoms with van der Waals surface area (Å²) >= 11 is 1.65. The molecule has 2 aromatic carbocycles. The number of rotatable bonds is 11. The minimum Gasteiger partial charge on any atom is -0.350 e. The quantitative estimate of drug-likeness (QED) is 0.208. The van der Waals surface area contributed by atoms with Crippen LogP contribution in [-0.4, -0.2) is 41.6 Å². The van der Waals surface area contributed by atoms with Crippen LogP contribution in [-0.2, 0) is 39.0 Å². The number of hydrogen-bond acceptors (Lipinski definition) is 9. The SMILES string of the molecule is N#Cc1c(N(Cc2cn(CC(=O)c3ccccc3)nn2)Cc2cn(CC(=O)c3ccccc3)nn2)sc2c1CCCC2. The predicted octanol–water partition coefficient (Wildman–Crippen LogP) is 4.65. The molecule has 0 saturated heterocycles. The number of Topliss-reactive ketones (excluding diaryl/α,β-unsaturated/α-hetero) is 2. The van der Waals surface area contributed by atoms with Crippen molar-refractivity contribution in [3.63, 3.8) is 0 Å². The number of anilines is 1. The Morgan fingerprint density at radius 2 is 1.33 bits per heavy atom. The van der Waals surface area contributed by atoms with Crippen molar-refractivity contribution in [1.29, 1.82) is 5.26 Å². The Bertz CT molecular complexity index is 1660. The van der Waals surface area contributed by atoms with Crippen molar-refractivity contribution in [3.05, 3.63) is 112 Å². The van der Waals surface area contributed by atoms with Gasteiger partial charge in [0.25, 0.3) is 0 Å². The molecule has 0 fully saturated rings. The van der Waals surface area contributed by atoms with E-state index in [4.69, 9.17) is 0 Å². The van der Waals surface area contributed by atoms with Crippen molar-refractivity contribution in [3.8, 4) is 6.07 Å². The maximum atomic E-state index is 12.7. The Labute approximate surface area is 246 Å². The van der Waals surface area contributed by atoms with E-state index in [1.807, 2.05) is 36.4 Å². The average Bonchev–Trinajstić information content (AvgIpc) is 3.76. The van der Waals surface area contributed by atoms with Crippen molar-refractivity contribution >= 4 is 27.9 Å². The highest BCUT2D eigenvalue weighted by Crippen LogP contribution is 2.40. The van der Waals surface area contributed by atoms with Gasteiger partial charge in [0, 0.05) is 16.0 Å². The number of fused-ring (bicyclic) bond motifs is 1. The first-order chi connectivity index (χ1) is 20.6. The second-order valence-electron chi connectivity index (χ2n) is 10.3. The molecule has 0 atom stereocenters. The number of hydrogen-bond donors (Lipinski definition) is 0. The Morgan fingerprint density at radius 1 is 0.810 bits per heavy atom. The summed E-state index contributed by atoms with van der Waals surface area (Å²) in [5.74, 6) is -0.105. The van der Waals surface area contributed by atoms with E-state index in [2.05, 4.69) is 31.6 Å². The first-order valence-electron chi connectivity index (χ1n) is 13.8. The van der Waals surface area contributed by atoms with E-state index in [1.165, 1.54) is 4.88 Å². The van der Waals surface area contributed by atoms with Gasteiger partial charge < -0.3 is 4.90 Å². The monoisotopic (exact) mass is 576 g/mol. The molecular formula is C31H28N8O2S. The van der Waals surface area contributed by atoms with Gasteiger partial charge in [0.15, 0.2) is 11.6 Å². The average molecular weight is 577 g/mol. The van der Waals surface area contributed by atoms with Crippen LogP contribution in [0.3, 0.4) is 0 Å². The van der Waals surface area contributed by atoms with Gasteiger partial charge in [0.1, 0.15) is 35.5 Å². The molecule has 210 valence electrons. The molecule has 0 bridgehead atoms. The molecule has 10 nitrogen and oxygen atoms in total. The Hall–Kier alpha value is -4.95. The van der Waals surface area contributed by atoms with Gasteiger partial charge >= 0.3 is 0 Å². The molecule has 0 unspecified atom stereocenters. The fourth-order valence-corrected chi connectivity index (χ4v) is 6.52. The maximum absolute atomic E-state index is 12.7. The van der Waals surface area contributed by atoms with Crippen LogP contribution in [0.4, 0.5) is 5.00 Å². The molecule has 0 spiro atoms. The molecule has 0 aliphatic heterocycles. The van der Waals surface area contributed by atoms with Gasteiger partial charge in [-0.3, -0.25) is 9.59 Å². The van der Waals surface area contributed by atoms with Gasteiger partial charge in [-0.1, -0.05) is 71.1 Å². The number of nitriles is 1. The summed E-state index contributed by atoms with van der Waals surface area (Å²) in [6.45, 7) is 0.891.